The smallest absolute Gasteiger partial charge is 0.222 e. The first-order valence-corrected chi connectivity index (χ1v) is 9.46. The molecule has 3 aliphatic rings. The van der Waals surface area contributed by atoms with Crippen LogP contribution < -0.4 is 5.32 Å². The lowest BCUT2D eigenvalue weighted by Crippen LogP contribution is -2.59. The number of anilines is 1. The molecule has 2 bridgehead atoms. The highest BCUT2D eigenvalue weighted by Gasteiger charge is 2.39. The molecule has 5 heteroatoms. The maximum Gasteiger partial charge on any atom is 0.222 e. The molecule has 5 heterocycles. The third-order valence-electron chi connectivity index (χ3n) is 6.08. The minimum atomic E-state index is 0.449. The molecule has 26 heavy (non-hydrogen) atoms. The Balaban J connectivity index is 1.41. The summed E-state index contributed by atoms with van der Waals surface area (Å²) in [4.78, 5) is 16.2. The van der Waals surface area contributed by atoms with Crippen molar-refractivity contribution >= 4 is 16.9 Å². The number of aromatic nitrogens is 3. The number of nitrogens with zero attached hydrogens (tertiary/aromatic N) is 4. The summed E-state index contributed by atoms with van der Waals surface area (Å²) in [5, 5.41) is 4.73. The number of benzene rings is 1. The Hall–Kier alpha value is -2.53. The second-order valence-electron chi connectivity index (χ2n) is 7.46. The summed E-state index contributed by atoms with van der Waals surface area (Å²) in [6.07, 6.45) is 8.23. The highest BCUT2D eigenvalue weighted by atomic mass is 15.2. The number of nitrogens with one attached hydrogen (secondary N) is 1. The van der Waals surface area contributed by atoms with Crippen LogP contribution in [0, 0.1) is 5.92 Å². The average molecular weight is 345 g/mol. The molecule has 132 valence electrons. The van der Waals surface area contributed by atoms with Gasteiger partial charge in [-0.25, -0.2) is 9.97 Å². The Labute approximate surface area is 153 Å². The Morgan fingerprint density at radius 2 is 1.81 bits per heavy atom. The standard InChI is InChI=1S/C21H23N5/c1-14-20(15-7-10-26(14)11-8-15)25-21-23-12-16(13-24-21)17-4-2-6-19-18(17)5-3-9-22-19/h2-6,9,12-15,20H,7-8,10-11H2,1H3,(H,23,24,25). The van der Waals surface area contributed by atoms with E-state index in [4.69, 9.17) is 0 Å². The van der Waals surface area contributed by atoms with E-state index in [1.54, 1.807) is 0 Å². The van der Waals surface area contributed by atoms with Crippen LogP contribution in [0.4, 0.5) is 5.95 Å². The molecule has 3 aliphatic heterocycles. The monoisotopic (exact) mass is 345 g/mol. The zero-order chi connectivity index (χ0) is 17.5. The minimum Gasteiger partial charge on any atom is -0.350 e. The Kier molecular flexibility index (Phi) is 3.82. The maximum atomic E-state index is 4.61. The number of pyridine rings is 1. The molecule has 0 radical (unpaired) electrons. The first-order chi connectivity index (χ1) is 12.8. The Bertz CT molecular complexity index is 908. The van der Waals surface area contributed by atoms with Crippen molar-refractivity contribution in [2.45, 2.75) is 31.8 Å². The van der Waals surface area contributed by atoms with Crippen LogP contribution in [0.2, 0.25) is 0 Å². The molecule has 1 N–H and O–H groups in total. The van der Waals surface area contributed by atoms with Crippen molar-refractivity contribution in [2.24, 2.45) is 5.92 Å². The van der Waals surface area contributed by atoms with E-state index in [1.165, 1.54) is 25.9 Å². The van der Waals surface area contributed by atoms with Crippen LogP contribution in [0.25, 0.3) is 22.0 Å². The van der Waals surface area contributed by atoms with Crippen molar-refractivity contribution in [3.63, 3.8) is 0 Å². The van der Waals surface area contributed by atoms with Gasteiger partial charge in [0.2, 0.25) is 5.95 Å². The lowest BCUT2D eigenvalue weighted by molar-refractivity contribution is 0.0455. The summed E-state index contributed by atoms with van der Waals surface area (Å²) in [5.74, 6) is 1.47. The van der Waals surface area contributed by atoms with Gasteiger partial charge in [-0.15, -0.1) is 0 Å². The number of hydrogen-bond acceptors (Lipinski definition) is 5. The molecule has 0 spiro atoms. The predicted octanol–water partition coefficient (Wildman–Crippen LogP) is 3.59. The summed E-state index contributed by atoms with van der Waals surface area (Å²) in [6.45, 7) is 4.79. The molecule has 3 aromatic rings. The third kappa shape index (κ3) is 2.63. The van der Waals surface area contributed by atoms with Gasteiger partial charge >= 0.3 is 0 Å². The van der Waals surface area contributed by atoms with E-state index in [1.807, 2.05) is 36.8 Å². The fraction of sp³-hybridized carbons (Fsp3) is 0.381. The predicted molar refractivity (Wildman–Crippen MR) is 104 cm³/mol. The highest BCUT2D eigenvalue weighted by molar-refractivity contribution is 5.94. The van der Waals surface area contributed by atoms with Crippen molar-refractivity contribution in [2.75, 3.05) is 18.4 Å². The Morgan fingerprint density at radius 1 is 1.00 bits per heavy atom. The number of hydrogen-bond donors (Lipinski definition) is 1. The zero-order valence-corrected chi connectivity index (χ0v) is 15.0. The SMILES string of the molecule is CC1C(Nc2ncc(-c3cccc4ncccc34)cn2)C2CCN1CC2. The van der Waals surface area contributed by atoms with Crippen molar-refractivity contribution < 1.29 is 0 Å². The fourth-order valence-corrected chi connectivity index (χ4v) is 4.59. The molecule has 3 saturated heterocycles. The average Bonchev–Trinajstić information content (AvgIpc) is 2.71. The second-order valence-corrected chi connectivity index (χ2v) is 7.46. The number of fused-ring (bicyclic) bond motifs is 4. The minimum absolute atomic E-state index is 0.449. The largest absolute Gasteiger partial charge is 0.350 e. The summed E-state index contributed by atoms with van der Waals surface area (Å²) in [7, 11) is 0. The summed E-state index contributed by atoms with van der Waals surface area (Å²) in [5.41, 5.74) is 3.14. The van der Waals surface area contributed by atoms with Crippen LogP contribution in [0.15, 0.2) is 48.9 Å². The van der Waals surface area contributed by atoms with Crippen LogP contribution in [0.1, 0.15) is 19.8 Å². The summed E-state index contributed by atoms with van der Waals surface area (Å²) >= 11 is 0. The maximum absolute atomic E-state index is 4.61. The molecule has 3 fully saturated rings. The van der Waals surface area contributed by atoms with Gasteiger partial charge in [0.1, 0.15) is 0 Å². The van der Waals surface area contributed by atoms with E-state index in [0.717, 1.165) is 33.9 Å². The van der Waals surface area contributed by atoms with Crippen LogP contribution >= 0.6 is 0 Å². The molecule has 2 atom stereocenters. The van der Waals surface area contributed by atoms with Gasteiger partial charge in [0.15, 0.2) is 0 Å². The van der Waals surface area contributed by atoms with Gasteiger partial charge in [0.25, 0.3) is 0 Å². The molecule has 1 aromatic carbocycles. The topological polar surface area (TPSA) is 53.9 Å². The van der Waals surface area contributed by atoms with E-state index >= 15 is 0 Å². The molecule has 0 aliphatic carbocycles. The van der Waals surface area contributed by atoms with Gasteiger partial charge in [0, 0.05) is 41.6 Å². The van der Waals surface area contributed by atoms with E-state index < -0.39 is 0 Å². The molecule has 0 amide bonds. The van der Waals surface area contributed by atoms with Crippen LogP contribution in [0.3, 0.4) is 0 Å². The van der Waals surface area contributed by atoms with Gasteiger partial charge < -0.3 is 5.32 Å². The van der Waals surface area contributed by atoms with Gasteiger partial charge in [0.05, 0.1) is 5.52 Å². The number of rotatable bonds is 3. The quantitative estimate of drug-likeness (QED) is 0.786. The molecule has 2 unspecified atom stereocenters. The van der Waals surface area contributed by atoms with E-state index in [-0.39, 0.29) is 0 Å². The molecular weight excluding hydrogens is 322 g/mol. The van der Waals surface area contributed by atoms with Gasteiger partial charge in [-0.05, 0) is 56.5 Å². The fourth-order valence-electron chi connectivity index (χ4n) is 4.59. The lowest BCUT2D eigenvalue weighted by Gasteiger charge is -2.49. The van der Waals surface area contributed by atoms with Crippen molar-refractivity contribution in [3.05, 3.63) is 48.9 Å². The van der Waals surface area contributed by atoms with Gasteiger partial charge in [-0.1, -0.05) is 18.2 Å². The molecule has 6 rings (SSSR count). The van der Waals surface area contributed by atoms with Crippen LogP contribution in [-0.4, -0.2) is 45.0 Å². The van der Waals surface area contributed by atoms with Crippen molar-refractivity contribution in [1.29, 1.82) is 0 Å². The van der Waals surface area contributed by atoms with Crippen LogP contribution in [0.5, 0.6) is 0 Å². The summed E-state index contributed by atoms with van der Waals surface area (Å²) < 4.78 is 0. The third-order valence-corrected chi connectivity index (χ3v) is 6.08. The molecule has 0 saturated carbocycles. The summed E-state index contributed by atoms with van der Waals surface area (Å²) in [6, 6.07) is 11.2. The van der Waals surface area contributed by atoms with Gasteiger partial charge in [-0.2, -0.15) is 0 Å². The first kappa shape index (κ1) is 15.7. The van der Waals surface area contributed by atoms with E-state index in [9.17, 15) is 0 Å². The van der Waals surface area contributed by atoms with Gasteiger partial charge in [-0.3, -0.25) is 9.88 Å². The lowest BCUT2D eigenvalue weighted by atomic mass is 9.79. The Morgan fingerprint density at radius 3 is 2.58 bits per heavy atom. The van der Waals surface area contributed by atoms with Crippen molar-refractivity contribution in [1.82, 2.24) is 19.9 Å². The highest BCUT2D eigenvalue weighted by Crippen LogP contribution is 2.34. The molecule has 2 aromatic heterocycles. The molecular formula is C21H23N5. The zero-order valence-electron chi connectivity index (χ0n) is 15.0. The first-order valence-electron chi connectivity index (χ1n) is 9.46. The number of piperidine rings is 3. The second kappa shape index (κ2) is 6.32. The van der Waals surface area contributed by atoms with Crippen LogP contribution in [-0.2, 0) is 0 Å². The molecule has 5 nitrogen and oxygen atoms in total. The van der Waals surface area contributed by atoms with E-state index in [2.05, 4.69) is 44.2 Å². The van der Waals surface area contributed by atoms with E-state index in [0.29, 0.717) is 12.1 Å². The normalized spacial score (nSPS) is 27.6. The van der Waals surface area contributed by atoms with Crippen molar-refractivity contribution in [3.8, 4) is 11.1 Å².